The molecular weight excluding hydrogens is 420 g/mol. The Hall–Kier alpha value is -0.460. The number of hydrogen-bond donors (Lipinski definition) is 1. The molecule has 0 saturated carbocycles. The van der Waals surface area contributed by atoms with E-state index in [0.29, 0.717) is 0 Å². The molecule has 0 spiro atoms. The van der Waals surface area contributed by atoms with E-state index in [-0.39, 0.29) is 11.9 Å². The van der Waals surface area contributed by atoms with Gasteiger partial charge in [-0.2, -0.15) is 0 Å². The zero-order valence-electron chi connectivity index (χ0n) is 10.5. The van der Waals surface area contributed by atoms with Gasteiger partial charge in [0.15, 0.2) is 0 Å². The molecule has 4 heteroatoms. The summed E-state index contributed by atoms with van der Waals surface area (Å²) in [5, 5.41) is 3.45. The molecule has 1 atom stereocenters. The highest BCUT2D eigenvalue weighted by molar-refractivity contribution is 14.1. The summed E-state index contributed by atoms with van der Waals surface area (Å²) in [5.74, 6) is -0.206. The second-order valence-electron chi connectivity index (χ2n) is 4.21. The van der Waals surface area contributed by atoms with Crippen molar-refractivity contribution in [2.24, 2.45) is 0 Å². The molecule has 1 nitrogen and oxygen atoms in total. The molecule has 0 heterocycles. The lowest BCUT2D eigenvalue weighted by Crippen LogP contribution is -2.22. The van der Waals surface area contributed by atoms with Crippen LogP contribution >= 0.6 is 38.5 Å². The Bertz CT molecular complexity index is 557. The maximum atomic E-state index is 13.1. The highest BCUT2D eigenvalue weighted by atomic mass is 127. The van der Waals surface area contributed by atoms with Crippen LogP contribution in [-0.2, 0) is 0 Å². The van der Waals surface area contributed by atoms with Crippen LogP contribution in [0.5, 0.6) is 0 Å². The molecule has 0 aliphatic rings. The number of rotatable bonds is 4. The van der Waals surface area contributed by atoms with Crippen LogP contribution in [-0.4, -0.2) is 6.54 Å². The third-order valence-corrected chi connectivity index (χ3v) is 4.36. The van der Waals surface area contributed by atoms with Gasteiger partial charge in [0, 0.05) is 8.04 Å². The van der Waals surface area contributed by atoms with Gasteiger partial charge in [-0.15, -0.1) is 0 Å². The van der Waals surface area contributed by atoms with Gasteiger partial charge in [0.05, 0.1) is 6.04 Å². The normalized spacial score (nSPS) is 12.4. The van der Waals surface area contributed by atoms with E-state index in [1.165, 1.54) is 21.3 Å². The number of benzene rings is 2. The van der Waals surface area contributed by atoms with Gasteiger partial charge in [0.2, 0.25) is 0 Å². The van der Waals surface area contributed by atoms with Gasteiger partial charge < -0.3 is 5.32 Å². The molecule has 2 rings (SSSR count). The standard InChI is InChI=1S/C15H14BrFIN/c1-2-19-15(10-3-6-12(17)7-4-10)13-9-11(16)5-8-14(13)18/h3-9,15,19H,2H2,1H3. The fourth-order valence-electron chi connectivity index (χ4n) is 2.00. The molecule has 0 aliphatic heterocycles. The van der Waals surface area contributed by atoms with Crippen molar-refractivity contribution in [3.63, 3.8) is 0 Å². The van der Waals surface area contributed by atoms with E-state index in [0.717, 1.165) is 16.6 Å². The summed E-state index contributed by atoms with van der Waals surface area (Å²) in [7, 11) is 0. The zero-order chi connectivity index (χ0) is 13.8. The van der Waals surface area contributed by atoms with E-state index < -0.39 is 0 Å². The molecule has 0 aliphatic carbocycles. The van der Waals surface area contributed by atoms with Gasteiger partial charge >= 0.3 is 0 Å². The third-order valence-electron chi connectivity index (χ3n) is 2.88. The highest BCUT2D eigenvalue weighted by Gasteiger charge is 2.16. The van der Waals surface area contributed by atoms with E-state index in [4.69, 9.17) is 0 Å². The monoisotopic (exact) mass is 433 g/mol. The summed E-state index contributed by atoms with van der Waals surface area (Å²) in [6.45, 7) is 2.92. The van der Waals surface area contributed by atoms with Gasteiger partial charge in [-0.3, -0.25) is 0 Å². The SMILES string of the molecule is CCNC(c1ccc(F)cc1)c1cc(Br)ccc1I. The maximum absolute atomic E-state index is 13.1. The molecule has 0 aromatic heterocycles. The molecule has 100 valence electrons. The first-order chi connectivity index (χ1) is 9.11. The molecule has 2 aromatic carbocycles. The van der Waals surface area contributed by atoms with Crippen LogP contribution in [0.2, 0.25) is 0 Å². The Labute approximate surface area is 134 Å². The van der Waals surface area contributed by atoms with Gasteiger partial charge in [-0.1, -0.05) is 35.0 Å². The summed E-state index contributed by atoms with van der Waals surface area (Å²) in [5.41, 5.74) is 2.27. The lowest BCUT2D eigenvalue weighted by molar-refractivity contribution is 0.612. The summed E-state index contributed by atoms with van der Waals surface area (Å²) < 4.78 is 15.3. The Balaban J connectivity index is 2.44. The summed E-state index contributed by atoms with van der Waals surface area (Å²) in [6.07, 6.45) is 0. The number of hydrogen-bond acceptors (Lipinski definition) is 1. The van der Waals surface area contributed by atoms with E-state index in [1.54, 1.807) is 0 Å². The predicted octanol–water partition coefficient (Wildman–Crippen LogP) is 4.89. The molecule has 0 saturated heterocycles. The maximum Gasteiger partial charge on any atom is 0.123 e. The Morgan fingerprint density at radius 3 is 2.53 bits per heavy atom. The smallest absolute Gasteiger partial charge is 0.123 e. The van der Waals surface area contributed by atoms with E-state index >= 15 is 0 Å². The average molecular weight is 434 g/mol. The first-order valence-corrected chi connectivity index (χ1v) is 7.92. The summed E-state index contributed by atoms with van der Waals surface area (Å²) in [6, 6.07) is 13.0. The number of nitrogens with one attached hydrogen (secondary N) is 1. The molecular formula is C15H14BrFIN. The topological polar surface area (TPSA) is 12.0 Å². The van der Waals surface area contributed by atoms with Gasteiger partial charge in [0.25, 0.3) is 0 Å². The second-order valence-corrected chi connectivity index (χ2v) is 6.29. The minimum Gasteiger partial charge on any atom is -0.306 e. The van der Waals surface area contributed by atoms with Crippen LogP contribution in [0, 0.1) is 9.39 Å². The molecule has 1 N–H and O–H groups in total. The molecule has 0 bridgehead atoms. The van der Waals surface area contributed by atoms with Crippen molar-refractivity contribution in [3.8, 4) is 0 Å². The first kappa shape index (κ1) is 14.9. The molecule has 2 aromatic rings. The van der Waals surface area contributed by atoms with Crippen molar-refractivity contribution >= 4 is 38.5 Å². The third kappa shape index (κ3) is 3.77. The zero-order valence-corrected chi connectivity index (χ0v) is 14.2. The molecule has 19 heavy (non-hydrogen) atoms. The fourth-order valence-corrected chi connectivity index (χ4v) is 3.03. The predicted molar refractivity (Wildman–Crippen MR) is 88.8 cm³/mol. The molecule has 0 radical (unpaired) electrons. The van der Waals surface area contributed by atoms with E-state index in [2.05, 4.69) is 62.9 Å². The van der Waals surface area contributed by atoms with Crippen molar-refractivity contribution in [2.75, 3.05) is 6.54 Å². The Morgan fingerprint density at radius 1 is 1.21 bits per heavy atom. The van der Waals surface area contributed by atoms with Gasteiger partial charge in [-0.05, 0) is 70.6 Å². The number of halogens is 3. The van der Waals surface area contributed by atoms with Crippen molar-refractivity contribution in [1.82, 2.24) is 5.32 Å². The first-order valence-electron chi connectivity index (χ1n) is 6.05. The average Bonchev–Trinajstić information content (AvgIpc) is 2.40. The Morgan fingerprint density at radius 2 is 1.89 bits per heavy atom. The van der Waals surface area contributed by atoms with Crippen molar-refractivity contribution in [3.05, 3.63) is 67.5 Å². The highest BCUT2D eigenvalue weighted by Crippen LogP contribution is 2.29. The van der Waals surface area contributed by atoms with Gasteiger partial charge in [-0.25, -0.2) is 4.39 Å². The summed E-state index contributed by atoms with van der Waals surface area (Å²) >= 11 is 5.84. The fraction of sp³-hybridized carbons (Fsp3) is 0.200. The van der Waals surface area contributed by atoms with Crippen LogP contribution < -0.4 is 5.32 Å². The Kier molecular flexibility index (Phi) is 5.36. The van der Waals surface area contributed by atoms with Crippen molar-refractivity contribution < 1.29 is 4.39 Å². The van der Waals surface area contributed by atoms with Crippen molar-refractivity contribution in [2.45, 2.75) is 13.0 Å². The van der Waals surface area contributed by atoms with Crippen LogP contribution in [0.15, 0.2) is 46.9 Å². The second kappa shape index (κ2) is 6.81. The van der Waals surface area contributed by atoms with Crippen LogP contribution in [0.1, 0.15) is 24.1 Å². The summed E-state index contributed by atoms with van der Waals surface area (Å²) in [4.78, 5) is 0. The molecule has 1 unspecified atom stereocenters. The van der Waals surface area contributed by atoms with E-state index in [1.807, 2.05) is 18.2 Å². The van der Waals surface area contributed by atoms with Crippen LogP contribution in [0.4, 0.5) is 4.39 Å². The molecule has 0 fully saturated rings. The minimum atomic E-state index is -0.206. The van der Waals surface area contributed by atoms with E-state index in [9.17, 15) is 4.39 Å². The van der Waals surface area contributed by atoms with Crippen LogP contribution in [0.25, 0.3) is 0 Å². The lowest BCUT2D eigenvalue weighted by Gasteiger charge is -2.20. The van der Waals surface area contributed by atoms with Crippen molar-refractivity contribution in [1.29, 1.82) is 0 Å². The molecule has 0 amide bonds. The quantitative estimate of drug-likeness (QED) is 0.676. The minimum absolute atomic E-state index is 0.0787. The lowest BCUT2D eigenvalue weighted by atomic mass is 9.99. The van der Waals surface area contributed by atoms with Crippen LogP contribution in [0.3, 0.4) is 0 Å². The largest absolute Gasteiger partial charge is 0.306 e. The van der Waals surface area contributed by atoms with Gasteiger partial charge in [0.1, 0.15) is 5.82 Å².